The maximum absolute atomic E-state index is 11.3. The van der Waals surface area contributed by atoms with E-state index >= 15 is 0 Å². The molecule has 0 aliphatic heterocycles. The van der Waals surface area contributed by atoms with Crippen LogP contribution in [0.25, 0.3) is 0 Å². The number of carbonyl (C=O) groups is 4. The zero-order valence-corrected chi connectivity index (χ0v) is 10.1. The van der Waals surface area contributed by atoms with Crippen LogP contribution >= 0.6 is 0 Å². The fourth-order valence-electron chi connectivity index (χ4n) is 0.910. The second-order valence-electron chi connectivity index (χ2n) is 3.27. The maximum atomic E-state index is 11.3. The van der Waals surface area contributed by atoms with E-state index in [-0.39, 0.29) is 29.6 Å². The fraction of sp³-hybridized carbons (Fsp3) is 0.500. The van der Waals surface area contributed by atoms with Crippen molar-refractivity contribution in [2.45, 2.75) is 24.5 Å². The summed E-state index contributed by atoms with van der Waals surface area (Å²) in [6.45, 7) is 0. The van der Waals surface area contributed by atoms with Crippen LogP contribution in [0.1, 0.15) is 19.3 Å². The predicted molar refractivity (Wildman–Crippen MR) is 62.7 cm³/mol. The van der Waals surface area contributed by atoms with Crippen LogP contribution in [0.5, 0.6) is 0 Å². The molecule has 0 aliphatic rings. The van der Waals surface area contributed by atoms with Gasteiger partial charge >= 0.3 is 63.6 Å². The molecule has 0 aromatic heterocycles. The molecule has 0 saturated carbocycles. The van der Waals surface area contributed by atoms with Gasteiger partial charge in [-0.05, 0) is 0 Å². The number of aliphatic carboxylic acids is 3. The summed E-state index contributed by atoms with van der Waals surface area (Å²) in [4.78, 5) is 42.0. The zero-order chi connectivity index (χ0) is 15.2. The molecule has 0 aromatic rings. The first-order valence-electron chi connectivity index (χ1n) is 4.68. The first kappa shape index (κ1) is 21.1. The third-order valence-electron chi connectivity index (χ3n) is 1.74. The molecule has 0 radical (unpaired) electrons. The minimum absolute atomic E-state index is 0. The van der Waals surface area contributed by atoms with Crippen LogP contribution < -0.4 is 0 Å². The summed E-state index contributed by atoms with van der Waals surface area (Å²) >= 11 is 0. The monoisotopic (exact) mass is 322 g/mol. The van der Waals surface area contributed by atoms with E-state index in [1.807, 2.05) is 0 Å². The predicted octanol–water partition coefficient (Wildman–Crippen LogP) is -2.00. The first-order chi connectivity index (χ1) is 8.56. The Hall–Kier alpha value is -1.17. The molecule has 10 nitrogen and oxygen atoms in total. The van der Waals surface area contributed by atoms with Gasteiger partial charge in [0.25, 0.3) is 0 Å². The Morgan fingerprint density at radius 2 is 1.45 bits per heavy atom. The van der Waals surface area contributed by atoms with Crippen molar-refractivity contribution in [1.29, 1.82) is 0 Å². The van der Waals surface area contributed by atoms with Gasteiger partial charge in [-0.2, -0.15) is 8.42 Å². The number of carbonyl (C=O) groups excluding carboxylic acids is 1. The van der Waals surface area contributed by atoms with Crippen molar-refractivity contribution in [2.24, 2.45) is 0 Å². The molecule has 0 bridgehead atoms. The summed E-state index contributed by atoms with van der Waals surface area (Å²) in [5.74, 6) is -6.56. The summed E-state index contributed by atoms with van der Waals surface area (Å²) in [6.07, 6.45) is -2.77. The SMILES string of the molecule is O=C(O)CCC(=O)OS(=O)(=O)C(CC(=O)O)C(=O)O.[NaH]. The number of carboxylic acid groups (broad SMARTS) is 3. The molecule has 0 heterocycles. The molecule has 20 heavy (non-hydrogen) atoms. The second kappa shape index (κ2) is 8.89. The average Bonchev–Trinajstić information content (AvgIpc) is 2.21. The van der Waals surface area contributed by atoms with Gasteiger partial charge in [-0.25, -0.2) is 0 Å². The van der Waals surface area contributed by atoms with Crippen molar-refractivity contribution in [3.05, 3.63) is 0 Å². The molecule has 12 heteroatoms. The number of rotatable bonds is 8. The van der Waals surface area contributed by atoms with E-state index in [4.69, 9.17) is 15.3 Å². The molecule has 3 N–H and O–H groups in total. The van der Waals surface area contributed by atoms with Crippen LogP contribution in [0.3, 0.4) is 0 Å². The van der Waals surface area contributed by atoms with Gasteiger partial charge in [-0.15, -0.1) is 0 Å². The molecule has 0 aromatic carbocycles. The van der Waals surface area contributed by atoms with Crippen molar-refractivity contribution in [3.63, 3.8) is 0 Å². The van der Waals surface area contributed by atoms with E-state index in [0.29, 0.717) is 0 Å². The molecule has 0 amide bonds. The van der Waals surface area contributed by atoms with Gasteiger partial charge in [0.1, 0.15) is 0 Å². The van der Waals surface area contributed by atoms with Crippen molar-refractivity contribution < 1.29 is 47.1 Å². The first-order valence-corrected chi connectivity index (χ1v) is 6.16. The molecule has 0 aliphatic carbocycles. The van der Waals surface area contributed by atoms with Gasteiger partial charge in [-0.3, -0.25) is 19.2 Å². The van der Waals surface area contributed by atoms with Gasteiger partial charge in [0.05, 0.1) is 19.3 Å². The molecule has 110 valence electrons. The Morgan fingerprint density at radius 3 is 1.80 bits per heavy atom. The third-order valence-corrected chi connectivity index (χ3v) is 3.22. The van der Waals surface area contributed by atoms with Gasteiger partial charge < -0.3 is 19.5 Å². The van der Waals surface area contributed by atoms with Crippen molar-refractivity contribution in [2.75, 3.05) is 0 Å². The van der Waals surface area contributed by atoms with Crippen molar-refractivity contribution in [3.8, 4) is 0 Å². The number of hydrogen-bond donors (Lipinski definition) is 3. The third kappa shape index (κ3) is 8.09. The zero-order valence-electron chi connectivity index (χ0n) is 9.31. The molecule has 0 fully saturated rings. The summed E-state index contributed by atoms with van der Waals surface area (Å²) in [6, 6.07) is 0. The standard InChI is InChI=1S/C8H10O10S.Na.H/c9-5(10)1-2-7(13)18-19(16,17)4(8(14)15)3-6(11)12;;/h4H,1-3H2,(H,9,10)(H,11,12)(H,14,15);;. The van der Waals surface area contributed by atoms with Gasteiger partial charge in [-0.1, -0.05) is 0 Å². The summed E-state index contributed by atoms with van der Waals surface area (Å²) in [5.41, 5.74) is 0. The molecule has 1 unspecified atom stereocenters. The fourth-order valence-corrected chi connectivity index (χ4v) is 1.96. The Labute approximate surface area is 135 Å². The average molecular weight is 322 g/mol. The van der Waals surface area contributed by atoms with E-state index in [2.05, 4.69) is 4.18 Å². The van der Waals surface area contributed by atoms with Crippen LogP contribution in [0.4, 0.5) is 0 Å². The number of carboxylic acids is 3. The van der Waals surface area contributed by atoms with E-state index < -0.39 is 58.5 Å². The summed E-state index contributed by atoms with van der Waals surface area (Å²) < 4.78 is 26.5. The Balaban J connectivity index is 0. The van der Waals surface area contributed by atoms with E-state index in [1.54, 1.807) is 0 Å². The molecule has 0 spiro atoms. The van der Waals surface area contributed by atoms with Crippen LogP contribution in [-0.4, -0.2) is 82.4 Å². The normalized spacial score (nSPS) is 11.8. The molecular weight excluding hydrogens is 311 g/mol. The van der Waals surface area contributed by atoms with Crippen molar-refractivity contribution in [1.82, 2.24) is 0 Å². The van der Waals surface area contributed by atoms with Gasteiger partial charge in [0, 0.05) is 0 Å². The molecular formula is C8H11NaO10S. The molecule has 1 atom stereocenters. The molecule has 0 saturated heterocycles. The summed E-state index contributed by atoms with van der Waals surface area (Å²) in [5, 5.41) is 22.7. The quantitative estimate of drug-likeness (QED) is 0.335. The molecule has 0 rings (SSSR count). The Kier molecular flexibility index (Phi) is 9.40. The van der Waals surface area contributed by atoms with Crippen LogP contribution in [0, 0.1) is 0 Å². The van der Waals surface area contributed by atoms with E-state index in [1.165, 1.54) is 0 Å². The topological polar surface area (TPSA) is 172 Å². The Bertz CT molecular complexity index is 495. The van der Waals surface area contributed by atoms with Crippen LogP contribution in [0.2, 0.25) is 0 Å². The summed E-state index contributed by atoms with van der Waals surface area (Å²) in [7, 11) is -4.99. The Morgan fingerprint density at radius 1 is 0.950 bits per heavy atom. The van der Waals surface area contributed by atoms with Crippen LogP contribution in [0.15, 0.2) is 0 Å². The van der Waals surface area contributed by atoms with Crippen molar-refractivity contribution >= 4 is 63.6 Å². The number of hydrogen-bond acceptors (Lipinski definition) is 7. The van der Waals surface area contributed by atoms with E-state index in [9.17, 15) is 27.6 Å². The van der Waals surface area contributed by atoms with E-state index in [0.717, 1.165) is 0 Å². The second-order valence-corrected chi connectivity index (χ2v) is 4.99. The van der Waals surface area contributed by atoms with Gasteiger partial charge in [0.2, 0.25) is 5.25 Å². The van der Waals surface area contributed by atoms with Crippen LogP contribution in [-0.2, 0) is 33.5 Å². The minimum atomic E-state index is -4.99. The van der Waals surface area contributed by atoms with Gasteiger partial charge in [0.15, 0.2) is 0 Å².